The second-order valence-electron chi connectivity index (χ2n) is 5.27. The predicted octanol–water partition coefficient (Wildman–Crippen LogP) is 3.03. The molecule has 23 heavy (non-hydrogen) atoms. The van der Waals surface area contributed by atoms with Crippen LogP contribution in [-0.4, -0.2) is 43.8 Å². The van der Waals surface area contributed by atoms with Crippen LogP contribution in [0, 0.1) is 0 Å². The Bertz CT molecular complexity index is 542. The average Bonchev–Trinajstić information content (AvgIpc) is 2.79. The van der Waals surface area contributed by atoms with Gasteiger partial charge in [0.1, 0.15) is 0 Å². The molecule has 1 fully saturated rings. The molecule has 1 saturated heterocycles. The number of alkyl halides is 4. The first-order valence-corrected chi connectivity index (χ1v) is 7.08. The lowest BCUT2D eigenvalue weighted by Crippen LogP contribution is -2.45. The van der Waals surface area contributed by atoms with Crippen molar-refractivity contribution in [2.75, 3.05) is 26.2 Å². The molecule has 0 amide bonds. The fourth-order valence-electron chi connectivity index (χ4n) is 2.89. The van der Waals surface area contributed by atoms with Crippen LogP contribution >= 0.6 is 12.4 Å². The fourth-order valence-corrected chi connectivity index (χ4v) is 2.89. The molecule has 0 saturated carbocycles. The Labute approximate surface area is 137 Å². The number of ether oxygens (including phenoxy) is 2. The highest BCUT2D eigenvalue weighted by Gasteiger charge is 2.45. The van der Waals surface area contributed by atoms with E-state index < -0.39 is 25.2 Å². The molecule has 1 atom stereocenters. The largest absolute Gasteiger partial charge is 0.586 e. The van der Waals surface area contributed by atoms with Crippen molar-refractivity contribution < 1.29 is 27.0 Å². The van der Waals surface area contributed by atoms with Crippen molar-refractivity contribution in [3.63, 3.8) is 0 Å². The maximum Gasteiger partial charge on any atom is 0.586 e. The van der Waals surface area contributed by atoms with E-state index in [2.05, 4.69) is 14.8 Å². The first kappa shape index (κ1) is 18.1. The van der Waals surface area contributed by atoms with Crippen LogP contribution in [0.2, 0.25) is 0 Å². The Morgan fingerprint density at radius 3 is 2.52 bits per heavy atom. The standard InChI is InChI=1S/C14H16F4N2O2.ClH/c15-12(16)8-10(20-6-4-19-5-7-20)9-2-1-3-11-13(9)22-14(17,18)21-11;/h1-3,10,12,19H,4-8H2;1H/t10-;/m1./s1. The van der Waals surface area contributed by atoms with Crippen molar-refractivity contribution >= 4 is 12.4 Å². The molecule has 1 aromatic carbocycles. The van der Waals surface area contributed by atoms with Crippen LogP contribution in [0.15, 0.2) is 18.2 Å². The maximum atomic E-state index is 13.3. The Kier molecular flexibility index (Phi) is 5.59. The van der Waals surface area contributed by atoms with Crippen molar-refractivity contribution in [3.8, 4) is 11.5 Å². The van der Waals surface area contributed by atoms with E-state index >= 15 is 0 Å². The van der Waals surface area contributed by atoms with Crippen molar-refractivity contribution in [2.24, 2.45) is 0 Å². The zero-order chi connectivity index (χ0) is 15.7. The number of halogens is 5. The summed E-state index contributed by atoms with van der Waals surface area (Å²) < 4.78 is 61.4. The lowest BCUT2D eigenvalue weighted by Gasteiger charge is -2.35. The van der Waals surface area contributed by atoms with Gasteiger partial charge in [-0.2, -0.15) is 0 Å². The molecule has 0 aliphatic carbocycles. The lowest BCUT2D eigenvalue weighted by molar-refractivity contribution is -0.287. The number of hydrogen-bond donors (Lipinski definition) is 1. The second-order valence-corrected chi connectivity index (χ2v) is 5.27. The van der Waals surface area contributed by atoms with E-state index in [0.29, 0.717) is 31.7 Å². The molecule has 2 heterocycles. The normalized spacial score (nSPS) is 21.1. The maximum absolute atomic E-state index is 13.3. The highest BCUT2D eigenvalue weighted by molar-refractivity contribution is 5.85. The molecule has 9 heteroatoms. The van der Waals surface area contributed by atoms with E-state index in [1.54, 1.807) is 6.07 Å². The average molecular weight is 357 g/mol. The minimum absolute atomic E-state index is 0. The highest BCUT2D eigenvalue weighted by atomic mass is 35.5. The molecule has 1 N–H and O–H groups in total. The van der Waals surface area contributed by atoms with Gasteiger partial charge in [-0.1, -0.05) is 12.1 Å². The van der Waals surface area contributed by atoms with Gasteiger partial charge in [-0.25, -0.2) is 8.78 Å². The van der Waals surface area contributed by atoms with Crippen LogP contribution in [-0.2, 0) is 0 Å². The summed E-state index contributed by atoms with van der Waals surface area (Å²) in [7, 11) is 0. The van der Waals surface area contributed by atoms with Crippen LogP contribution in [0.4, 0.5) is 17.6 Å². The smallest absolute Gasteiger partial charge is 0.395 e. The van der Waals surface area contributed by atoms with Crippen molar-refractivity contribution in [1.82, 2.24) is 10.2 Å². The van der Waals surface area contributed by atoms with Gasteiger partial charge in [-0.3, -0.25) is 4.90 Å². The summed E-state index contributed by atoms with van der Waals surface area (Å²) in [6.07, 6.45) is -6.73. The summed E-state index contributed by atoms with van der Waals surface area (Å²) in [5.41, 5.74) is 0.317. The molecule has 0 aromatic heterocycles. The molecule has 2 aliphatic rings. The highest BCUT2D eigenvalue weighted by Crippen LogP contribution is 2.47. The third-order valence-electron chi connectivity index (χ3n) is 3.81. The summed E-state index contributed by atoms with van der Waals surface area (Å²) in [6, 6.07) is 3.71. The molecule has 2 aliphatic heterocycles. The zero-order valence-corrected chi connectivity index (χ0v) is 12.9. The third kappa shape index (κ3) is 3.99. The summed E-state index contributed by atoms with van der Waals surface area (Å²) in [4.78, 5) is 1.86. The first-order chi connectivity index (χ1) is 10.5. The monoisotopic (exact) mass is 356 g/mol. The van der Waals surface area contributed by atoms with E-state index in [1.165, 1.54) is 12.1 Å². The van der Waals surface area contributed by atoms with Crippen LogP contribution < -0.4 is 14.8 Å². The van der Waals surface area contributed by atoms with E-state index in [-0.39, 0.29) is 23.9 Å². The van der Waals surface area contributed by atoms with E-state index in [9.17, 15) is 17.6 Å². The summed E-state index contributed by atoms with van der Waals surface area (Å²) >= 11 is 0. The van der Waals surface area contributed by atoms with Gasteiger partial charge in [0.05, 0.1) is 0 Å². The van der Waals surface area contributed by atoms with Gasteiger partial charge in [0.15, 0.2) is 11.5 Å². The van der Waals surface area contributed by atoms with E-state index in [0.717, 1.165) is 0 Å². The summed E-state index contributed by atoms with van der Waals surface area (Å²) in [5.74, 6) is -0.256. The minimum Gasteiger partial charge on any atom is -0.395 e. The van der Waals surface area contributed by atoms with Crippen LogP contribution in [0.1, 0.15) is 18.0 Å². The van der Waals surface area contributed by atoms with Gasteiger partial charge in [0, 0.05) is 44.2 Å². The second kappa shape index (κ2) is 7.11. The van der Waals surface area contributed by atoms with Crippen LogP contribution in [0.25, 0.3) is 0 Å². The van der Waals surface area contributed by atoms with Crippen molar-refractivity contribution in [3.05, 3.63) is 23.8 Å². The van der Waals surface area contributed by atoms with Crippen molar-refractivity contribution in [2.45, 2.75) is 25.2 Å². The van der Waals surface area contributed by atoms with Gasteiger partial charge >= 0.3 is 6.29 Å². The number of hydrogen-bond acceptors (Lipinski definition) is 4. The minimum atomic E-state index is -3.75. The topological polar surface area (TPSA) is 33.7 Å². The Hall–Kier alpha value is -1.25. The quantitative estimate of drug-likeness (QED) is 0.841. The molecule has 0 radical (unpaired) electrons. The number of fused-ring (bicyclic) bond motifs is 1. The molecule has 3 rings (SSSR count). The molecular weight excluding hydrogens is 340 g/mol. The Morgan fingerprint density at radius 2 is 1.87 bits per heavy atom. The SMILES string of the molecule is Cl.FC(F)C[C@H](c1cccc2c1OC(F)(F)O2)N1CCNCC1. The first-order valence-electron chi connectivity index (χ1n) is 7.08. The van der Waals surface area contributed by atoms with E-state index in [1.807, 2.05) is 4.90 Å². The molecule has 0 unspecified atom stereocenters. The van der Waals surface area contributed by atoms with Crippen LogP contribution in [0.5, 0.6) is 11.5 Å². The number of rotatable bonds is 4. The van der Waals surface area contributed by atoms with Gasteiger partial charge in [0.2, 0.25) is 6.43 Å². The lowest BCUT2D eigenvalue weighted by atomic mass is 10.00. The summed E-state index contributed by atoms with van der Waals surface area (Å²) in [5, 5.41) is 3.13. The Balaban J connectivity index is 0.00000192. The van der Waals surface area contributed by atoms with Gasteiger partial charge in [0.25, 0.3) is 0 Å². The molecule has 0 bridgehead atoms. The van der Waals surface area contributed by atoms with Gasteiger partial charge in [-0.05, 0) is 6.07 Å². The number of para-hydroxylation sites is 1. The Morgan fingerprint density at radius 1 is 1.17 bits per heavy atom. The van der Waals surface area contributed by atoms with Crippen molar-refractivity contribution in [1.29, 1.82) is 0 Å². The van der Waals surface area contributed by atoms with Gasteiger partial charge in [-0.15, -0.1) is 21.2 Å². The summed E-state index contributed by atoms with van der Waals surface area (Å²) in [6.45, 7) is 2.47. The number of nitrogens with one attached hydrogen (secondary N) is 1. The third-order valence-corrected chi connectivity index (χ3v) is 3.81. The van der Waals surface area contributed by atoms with Crippen LogP contribution in [0.3, 0.4) is 0 Å². The number of benzene rings is 1. The predicted molar refractivity (Wildman–Crippen MR) is 77.7 cm³/mol. The van der Waals surface area contributed by atoms with E-state index in [4.69, 9.17) is 0 Å². The fraction of sp³-hybridized carbons (Fsp3) is 0.571. The van der Waals surface area contributed by atoms with Gasteiger partial charge < -0.3 is 14.8 Å². The molecule has 1 aromatic rings. The zero-order valence-electron chi connectivity index (χ0n) is 12.1. The molecule has 130 valence electrons. The number of piperazine rings is 1. The molecular formula is C14H17ClF4N2O2. The molecule has 4 nitrogen and oxygen atoms in total. The number of nitrogens with zero attached hydrogens (tertiary/aromatic N) is 1. The molecule has 0 spiro atoms.